The van der Waals surface area contributed by atoms with E-state index in [1.807, 2.05) is 25.1 Å². The van der Waals surface area contributed by atoms with Crippen LogP contribution in [0.5, 0.6) is 5.75 Å². The van der Waals surface area contributed by atoms with Gasteiger partial charge in [0, 0.05) is 18.2 Å². The third-order valence-electron chi connectivity index (χ3n) is 5.69. The second-order valence-electron chi connectivity index (χ2n) is 8.08. The Morgan fingerprint density at radius 2 is 2.07 bits per heavy atom. The zero-order chi connectivity index (χ0) is 20.7. The Kier molecular flexibility index (Phi) is 4.75. The van der Waals surface area contributed by atoms with Gasteiger partial charge in [0.05, 0.1) is 16.6 Å². The highest BCUT2D eigenvalue weighted by Crippen LogP contribution is 2.22. The number of hydrogen-bond acceptors (Lipinski definition) is 5. The number of rotatable bonds is 5. The van der Waals surface area contributed by atoms with Gasteiger partial charge in [-0.05, 0) is 68.6 Å². The van der Waals surface area contributed by atoms with Crippen LogP contribution in [-0.4, -0.2) is 40.7 Å². The molecule has 0 radical (unpaired) electrons. The van der Waals surface area contributed by atoms with Crippen molar-refractivity contribution in [3.63, 3.8) is 0 Å². The van der Waals surface area contributed by atoms with Gasteiger partial charge in [-0.15, -0.1) is 0 Å². The van der Waals surface area contributed by atoms with E-state index in [1.165, 1.54) is 10.9 Å². The summed E-state index contributed by atoms with van der Waals surface area (Å²) < 4.78 is 7.52. The van der Waals surface area contributed by atoms with Crippen molar-refractivity contribution in [3.8, 4) is 11.4 Å². The molecule has 154 valence electrons. The Morgan fingerprint density at radius 3 is 2.83 bits per heavy atom. The van der Waals surface area contributed by atoms with E-state index < -0.39 is 0 Å². The highest BCUT2D eigenvalue weighted by Gasteiger charge is 2.24. The molecule has 2 heterocycles. The molecule has 1 saturated carbocycles. The van der Waals surface area contributed by atoms with Gasteiger partial charge in [0.25, 0.3) is 11.5 Å². The number of carbonyl (C=O) groups is 1. The lowest BCUT2D eigenvalue weighted by Crippen LogP contribution is -2.26. The molecule has 0 bridgehead atoms. The first-order valence-electron chi connectivity index (χ1n) is 10.4. The lowest BCUT2D eigenvalue weighted by atomic mass is 10.1. The Bertz CT molecular complexity index is 1180. The average molecular weight is 404 g/mol. The lowest BCUT2D eigenvalue weighted by molar-refractivity contribution is 0.0951. The normalized spacial score (nSPS) is 18.5. The summed E-state index contributed by atoms with van der Waals surface area (Å²) in [6.45, 7) is 3.67. The van der Waals surface area contributed by atoms with Crippen LogP contribution in [0.3, 0.4) is 0 Å². The third-order valence-corrected chi connectivity index (χ3v) is 5.69. The van der Waals surface area contributed by atoms with Gasteiger partial charge in [0.2, 0.25) is 0 Å². The van der Waals surface area contributed by atoms with Crippen LogP contribution < -0.4 is 20.9 Å². The highest BCUT2D eigenvalue weighted by molar-refractivity contribution is 5.95. The van der Waals surface area contributed by atoms with Crippen molar-refractivity contribution in [2.24, 2.45) is 0 Å². The maximum Gasteiger partial charge on any atom is 0.265 e. The molecule has 1 atom stereocenters. The Balaban J connectivity index is 1.52. The molecule has 5 rings (SSSR count). The van der Waals surface area contributed by atoms with E-state index in [0.717, 1.165) is 37.9 Å². The number of aromatic nitrogens is 2. The summed E-state index contributed by atoms with van der Waals surface area (Å²) in [6.07, 6.45) is 4.64. The molecule has 1 aliphatic heterocycles. The van der Waals surface area contributed by atoms with Crippen LogP contribution in [0, 0.1) is 6.92 Å². The average Bonchev–Trinajstić information content (AvgIpc) is 3.41. The molecule has 7 nitrogen and oxygen atoms in total. The summed E-state index contributed by atoms with van der Waals surface area (Å²) >= 11 is 0. The van der Waals surface area contributed by atoms with Crippen molar-refractivity contribution >= 4 is 16.8 Å². The van der Waals surface area contributed by atoms with Gasteiger partial charge in [0.15, 0.2) is 0 Å². The fraction of sp³-hybridized carbons (Fsp3) is 0.348. The van der Waals surface area contributed by atoms with Gasteiger partial charge < -0.3 is 15.4 Å². The van der Waals surface area contributed by atoms with E-state index in [4.69, 9.17) is 4.74 Å². The molecular weight excluding hydrogens is 380 g/mol. The third kappa shape index (κ3) is 3.68. The molecule has 2 fully saturated rings. The number of carbonyl (C=O) groups excluding carboxylic acids is 1. The van der Waals surface area contributed by atoms with Crippen LogP contribution in [-0.2, 0) is 0 Å². The fourth-order valence-corrected chi connectivity index (χ4v) is 3.77. The standard InChI is InChI=1S/C23H24N4O3/c1-14-2-3-15(22(28)26-16-4-5-16)10-21(14)27-13-25-20-7-6-17(11-19(20)23(27)29)30-18-8-9-24-12-18/h2-3,6-7,10-11,13,16,18,24H,4-5,8-9,12H2,1H3,(H,26,28). The Morgan fingerprint density at radius 1 is 1.20 bits per heavy atom. The summed E-state index contributed by atoms with van der Waals surface area (Å²) in [5, 5.41) is 6.76. The zero-order valence-electron chi connectivity index (χ0n) is 16.9. The van der Waals surface area contributed by atoms with Crippen molar-refractivity contribution in [1.29, 1.82) is 0 Å². The second kappa shape index (κ2) is 7.57. The molecule has 3 aromatic rings. The number of hydrogen-bond donors (Lipinski definition) is 2. The number of nitrogens with zero attached hydrogens (tertiary/aromatic N) is 2. The monoisotopic (exact) mass is 404 g/mol. The van der Waals surface area contributed by atoms with Crippen LogP contribution in [0.1, 0.15) is 35.2 Å². The second-order valence-corrected chi connectivity index (χ2v) is 8.08. The lowest BCUT2D eigenvalue weighted by Gasteiger charge is -2.14. The molecule has 2 N–H and O–H groups in total. The van der Waals surface area contributed by atoms with Crippen LogP contribution in [0.15, 0.2) is 47.5 Å². The Labute approximate surface area is 174 Å². The molecule has 1 amide bonds. The molecule has 0 spiro atoms. The minimum absolute atomic E-state index is 0.110. The van der Waals surface area contributed by atoms with E-state index in [-0.39, 0.29) is 23.6 Å². The maximum atomic E-state index is 13.3. The minimum atomic E-state index is -0.183. The molecule has 7 heteroatoms. The summed E-state index contributed by atoms with van der Waals surface area (Å²) in [7, 11) is 0. The summed E-state index contributed by atoms with van der Waals surface area (Å²) in [4.78, 5) is 30.2. The van der Waals surface area contributed by atoms with Gasteiger partial charge in [-0.1, -0.05) is 6.07 Å². The van der Waals surface area contributed by atoms with Crippen molar-refractivity contribution in [2.75, 3.05) is 13.1 Å². The smallest absolute Gasteiger partial charge is 0.265 e. The van der Waals surface area contributed by atoms with E-state index in [2.05, 4.69) is 15.6 Å². The zero-order valence-corrected chi connectivity index (χ0v) is 16.9. The van der Waals surface area contributed by atoms with Gasteiger partial charge >= 0.3 is 0 Å². The van der Waals surface area contributed by atoms with Gasteiger partial charge in [-0.2, -0.15) is 0 Å². The first-order chi connectivity index (χ1) is 14.6. The van der Waals surface area contributed by atoms with Gasteiger partial charge in [-0.3, -0.25) is 14.2 Å². The molecule has 30 heavy (non-hydrogen) atoms. The molecule has 2 aliphatic rings. The van der Waals surface area contributed by atoms with Crippen LogP contribution >= 0.6 is 0 Å². The van der Waals surface area contributed by atoms with E-state index >= 15 is 0 Å². The van der Waals surface area contributed by atoms with E-state index in [1.54, 1.807) is 18.2 Å². The number of amides is 1. The van der Waals surface area contributed by atoms with Crippen molar-refractivity contribution < 1.29 is 9.53 Å². The fourth-order valence-electron chi connectivity index (χ4n) is 3.77. The van der Waals surface area contributed by atoms with Crippen molar-refractivity contribution in [3.05, 3.63) is 64.2 Å². The molecular formula is C23H24N4O3. The predicted octanol–water partition coefficient (Wildman–Crippen LogP) is 2.33. The number of benzene rings is 2. The Hall–Kier alpha value is -3.19. The highest BCUT2D eigenvalue weighted by atomic mass is 16.5. The van der Waals surface area contributed by atoms with E-state index in [0.29, 0.717) is 27.9 Å². The van der Waals surface area contributed by atoms with Crippen LogP contribution in [0.25, 0.3) is 16.6 Å². The number of aryl methyl sites for hydroxylation is 1. The summed E-state index contributed by atoms with van der Waals surface area (Å²) in [6, 6.07) is 11.1. The molecule has 1 saturated heterocycles. The topological polar surface area (TPSA) is 85.2 Å². The minimum Gasteiger partial charge on any atom is -0.489 e. The maximum absolute atomic E-state index is 13.3. The largest absolute Gasteiger partial charge is 0.489 e. The summed E-state index contributed by atoms with van der Waals surface area (Å²) in [5.74, 6) is 0.559. The molecule has 1 aliphatic carbocycles. The van der Waals surface area contributed by atoms with Gasteiger partial charge in [-0.25, -0.2) is 4.98 Å². The SMILES string of the molecule is Cc1ccc(C(=O)NC2CC2)cc1-n1cnc2ccc(OC3CCNC3)cc2c1=O. The van der Waals surface area contributed by atoms with E-state index in [9.17, 15) is 9.59 Å². The summed E-state index contributed by atoms with van der Waals surface area (Å²) in [5.41, 5.74) is 2.53. The van der Waals surface area contributed by atoms with Crippen molar-refractivity contribution in [2.45, 2.75) is 38.3 Å². The quantitative estimate of drug-likeness (QED) is 0.682. The first-order valence-corrected chi connectivity index (χ1v) is 10.4. The predicted molar refractivity (Wildman–Crippen MR) is 114 cm³/mol. The number of fused-ring (bicyclic) bond motifs is 1. The van der Waals surface area contributed by atoms with Crippen LogP contribution in [0.4, 0.5) is 0 Å². The van der Waals surface area contributed by atoms with Crippen LogP contribution in [0.2, 0.25) is 0 Å². The number of nitrogens with one attached hydrogen (secondary N) is 2. The molecule has 1 unspecified atom stereocenters. The number of ether oxygens (including phenoxy) is 1. The molecule has 1 aromatic heterocycles. The first kappa shape index (κ1) is 18.8. The van der Waals surface area contributed by atoms with Crippen molar-refractivity contribution in [1.82, 2.24) is 20.2 Å². The molecule has 2 aromatic carbocycles. The van der Waals surface area contributed by atoms with Gasteiger partial charge in [0.1, 0.15) is 18.2 Å².